The minimum absolute atomic E-state index is 0.0301. The number of methoxy groups -OCH3 is 1. The zero-order valence-corrected chi connectivity index (χ0v) is 36.0. The van der Waals surface area contributed by atoms with Crippen LogP contribution in [0.2, 0.25) is 0 Å². The van der Waals surface area contributed by atoms with E-state index < -0.39 is 11.6 Å². The number of unbranched alkanes of at least 4 members (excludes halogenated alkanes) is 2. The Morgan fingerprint density at radius 2 is 1.64 bits per heavy atom. The fraction of sp³-hybridized carbons (Fsp3) is 0.578. The molecule has 53 heavy (non-hydrogen) atoms. The van der Waals surface area contributed by atoms with Crippen molar-refractivity contribution in [1.82, 2.24) is 4.90 Å². The molecule has 1 aliphatic carbocycles. The first-order valence-electron chi connectivity index (χ1n) is 19.6. The van der Waals surface area contributed by atoms with E-state index in [4.69, 9.17) is 9.73 Å². The average Bonchev–Trinajstić information content (AvgIpc) is 3.53. The highest BCUT2D eigenvalue weighted by atomic mass is 32.1. The first-order valence-corrected chi connectivity index (χ1v) is 20.4. The number of hydrogen-bond donors (Lipinski definition) is 0. The Kier molecular flexibility index (Phi) is 21.5. The van der Waals surface area contributed by atoms with Crippen LogP contribution in [0.5, 0.6) is 0 Å². The summed E-state index contributed by atoms with van der Waals surface area (Å²) in [4.78, 5) is 17.7. The second-order valence-corrected chi connectivity index (χ2v) is 15.6. The molecule has 2 unspecified atom stereocenters. The average molecular weight is 752 g/mol. The van der Waals surface area contributed by atoms with Crippen LogP contribution in [-0.4, -0.2) is 36.6 Å². The summed E-state index contributed by atoms with van der Waals surface area (Å²) in [6.07, 6.45) is 13.9. The number of hydrogen-bond acceptors (Lipinski definition) is 6. The van der Waals surface area contributed by atoms with Crippen molar-refractivity contribution >= 4 is 38.5 Å². The summed E-state index contributed by atoms with van der Waals surface area (Å²) in [5.41, 5.74) is 3.30. The Morgan fingerprint density at radius 1 is 1.02 bits per heavy atom. The Labute approximate surface area is 324 Å². The van der Waals surface area contributed by atoms with Crippen molar-refractivity contribution in [2.45, 2.75) is 146 Å². The standard InChI is InChI=1S/C36H47F2N3OS.C5H12.C4H8O/c1-11-13-33(42-10)40-31-19-27(25-15-16-29(37)36-34(25)28(20-39)35(43-36)22(5)6)30(38)18-26(31)24(8)41(9)32(21(3)4)17-14-23(7)12-2;1-3-5-4-2;1-3-4(2)5/h13,15-16,18-19,21-23,32H,11-12,14,17H2,1-10H3;3-5H2,1-2H3;3H2,1-2H3/b26-24+,33-13-,40-31-;;. The second-order valence-electron chi connectivity index (χ2n) is 14.5. The molecule has 0 N–H and O–H groups in total. The molecule has 0 saturated heterocycles. The van der Waals surface area contributed by atoms with E-state index in [-0.39, 0.29) is 23.3 Å². The maximum Gasteiger partial charge on any atom is 0.209 e. The molecule has 2 aromatic rings. The van der Waals surface area contributed by atoms with Crippen molar-refractivity contribution in [3.63, 3.8) is 0 Å². The van der Waals surface area contributed by atoms with Crippen molar-refractivity contribution in [1.29, 1.82) is 5.26 Å². The Balaban J connectivity index is 0.00000124. The SMILES string of the molecule is CC/C=C(/N=C1/C=C(c2ccc(F)c3sc(C(C)C)c(C#N)c23)C(F)=C/C1=C(/C)N(C)C(CCC(C)CC)C(C)C)OC.CCC(C)=O.CCCCC. The van der Waals surface area contributed by atoms with Crippen LogP contribution in [0.25, 0.3) is 15.7 Å². The maximum absolute atomic E-state index is 16.3. The first-order chi connectivity index (χ1) is 25.1. The first kappa shape index (κ1) is 47.5. The number of nitrogens with zero attached hydrogens (tertiary/aromatic N) is 3. The van der Waals surface area contributed by atoms with Gasteiger partial charge >= 0.3 is 0 Å². The molecule has 2 atom stereocenters. The second kappa shape index (κ2) is 24.0. The van der Waals surface area contributed by atoms with Crippen LogP contribution >= 0.6 is 11.3 Å². The monoisotopic (exact) mass is 751 g/mol. The lowest BCUT2D eigenvalue weighted by Gasteiger charge is -2.36. The normalized spacial score (nSPS) is 15.9. The lowest BCUT2D eigenvalue weighted by Crippen LogP contribution is -2.36. The summed E-state index contributed by atoms with van der Waals surface area (Å²) >= 11 is 1.27. The third kappa shape index (κ3) is 13.7. The highest BCUT2D eigenvalue weighted by Gasteiger charge is 2.28. The van der Waals surface area contributed by atoms with Crippen molar-refractivity contribution in [2.24, 2.45) is 16.8 Å². The molecule has 0 spiro atoms. The van der Waals surface area contributed by atoms with E-state index in [1.54, 1.807) is 26.2 Å². The van der Waals surface area contributed by atoms with Gasteiger partial charge in [0.25, 0.3) is 0 Å². The highest BCUT2D eigenvalue weighted by molar-refractivity contribution is 7.19. The third-order valence-electron chi connectivity index (χ3n) is 9.69. The highest BCUT2D eigenvalue weighted by Crippen LogP contribution is 2.43. The molecule has 3 rings (SSSR count). The van der Waals surface area contributed by atoms with Gasteiger partial charge < -0.3 is 14.4 Å². The van der Waals surface area contributed by atoms with Gasteiger partial charge in [0.1, 0.15) is 23.5 Å². The molecule has 294 valence electrons. The molecule has 1 aromatic heterocycles. The van der Waals surface area contributed by atoms with Crippen molar-refractivity contribution in [2.75, 3.05) is 14.2 Å². The summed E-state index contributed by atoms with van der Waals surface area (Å²) in [6, 6.07) is 5.48. The predicted molar refractivity (Wildman–Crippen MR) is 225 cm³/mol. The molecule has 0 fully saturated rings. The molecule has 0 radical (unpaired) electrons. The number of ketones is 1. The van der Waals surface area contributed by atoms with Crippen molar-refractivity contribution in [3.05, 3.63) is 75.2 Å². The minimum Gasteiger partial charge on any atom is -0.481 e. The molecule has 0 amide bonds. The van der Waals surface area contributed by atoms with Gasteiger partial charge in [0.2, 0.25) is 5.88 Å². The number of allylic oxidation sites excluding steroid dienone is 7. The third-order valence-corrected chi connectivity index (χ3v) is 11.2. The van der Waals surface area contributed by atoms with Gasteiger partial charge in [-0.05, 0) is 80.7 Å². The number of nitriles is 1. The van der Waals surface area contributed by atoms with E-state index >= 15 is 8.78 Å². The van der Waals surface area contributed by atoms with E-state index in [0.717, 1.165) is 36.3 Å². The number of carbonyl (C=O) groups is 1. The fourth-order valence-electron chi connectivity index (χ4n) is 5.98. The summed E-state index contributed by atoms with van der Waals surface area (Å²) in [6.45, 7) is 24.8. The Morgan fingerprint density at radius 3 is 2.09 bits per heavy atom. The van der Waals surface area contributed by atoms with Gasteiger partial charge in [-0.25, -0.2) is 13.8 Å². The van der Waals surface area contributed by atoms with Crippen LogP contribution < -0.4 is 0 Å². The number of ether oxygens (including phenoxy) is 1. The van der Waals surface area contributed by atoms with Crippen molar-refractivity contribution < 1.29 is 18.3 Å². The molecule has 0 aliphatic heterocycles. The van der Waals surface area contributed by atoms with E-state index in [1.807, 2.05) is 40.7 Å². The number of Topliss-reactive ketones (excluding diaryl/α,β-unsaturated/α-hetero) is 1. The lowest BCUT2D eigenvalue weighted by molar-refractivity contribution is -0.116. The van der Waals surface area contributed by atoms with E-state index in [9.17, 15) is 10.1 Å². The molecule has 1 aliphatic rings. The summed E-state index contributed by atoms with van der Waals surface area (Å²) < 4.78 is 37.3. The van der Waals surface area contributed by atoms with Gasteiger partial charge in [0.05, 0.1) is 23.1 Å². The number of rotatable bonds is 15. The number of thiophene rings is 1. The largest absolute Gasteiger partial charge is 0.481 e. The fourth-order valence-corrected chi connectivity index (χ4v) is 7.16. The van der Waals surface area contributed by atoms with Gasteiger partial charge in [0.15, 0.2) is 0 Å². The van der Waals surface area contributed by atoms with Crippen LogP contribution in [0.3, 0.4) is 0 Å². The van der Waals surface area contributed by atoms with Gasteiger partial charge in [-0.2, -0.15) is 5.26 Å². The summed E-state index contributed by atoms with van der Waals surface area (Å²) in [7, 11) is 3.65. The Hall–Kier alpha value is -3.57. The van der Waals surface area contributed by atoms with Crippen LogP contribution in [0.4, 0.5) is 8.78 Å². The van der Waals surface area contributed by atoms with Crippen LogP contribution in [0.1, 0.15) is 156 Å². The lowest BCUT2D eigenvalue weighted by atomic mass is 9.89. The van der Waals surface area contributed by atoms with Crippen LogP contribution in [-0.2, 0) is 9.53 Å². The molecular weight excluding hydrogens is 685 g/mol. The number of carbonyl (C=O) groups excluding carboxylic acids is 1. The summed E-state index contributed by atoms with van der Waals surface area (Å²) in [5.74, 6) is 0.897. The molecule has 0 saturated carbocycles. The van der Waals surface area contributed by atoms with Gasteiger partial charge in [-0.15, -0.1) is 11.3 Å². The van der Waals surface area contributed by atoms with Crippen molar-refractivity contribution in [3.8, 4) is 6.07 Å². The molecule has 8 heteroatoms. The summed E-state index contributed by atoms with van der Waals surface area (Å²) in [5, 5.41) is 10.6. The topological polar surface area (TPSA) is 65.7 Å². The molecule has 0 bridgehead atoms. The van der Waals surface area contributed by atoms with Gasteiger partial charge in [0, 0.05) is 46.6 Å². The van der Waals surface area contributed by atoms with E-state index in [1.165, 1.54) is 42.7 Å². The van der Waals surface area contributed by atoms with Gasteiger partial charge in [-0.1, -0.05) is 101 Å². The predicted octanol–water partition coefficient (Wildman–Crippen LogP) is 13.9. The number of fused-ring (bicyclic) bond motifs is 1. The van der Waals surface area contributed by atoms with Gasteiger partial charge in [-0.3, -0.25) is 0 Å². The molecule has 5 nitrogen and oxygen atoms in total. The van der Waals surface area contributed by atoms with E-state index in [2.05, 4.69) is 59.6 Å². The molecule has 1 heterocycles. The zero-order valence-electron chi connectivity index (χ0n) is 35.2. The maximum atomic E-state index is 16.3. The van der Waals surface area contributed by atoms with E-state index in [0.29, 0.717) is 56.6 Å². The Bertz CT molecular complexity index is 1680. The zero-order chi connectivity index (χ0) is 40.4. The van der Waals surface area contributed by atoms with Crippen LogP contribution in [0.15, 0.2) is 58.3 Å². The molecular formula is C45H67F2N3O2S. The quantitative estimate of drug-likeness (QED) is 0.170. The molecule has 1 aromatic carbocycles. The number of halogens is 2. The number of benzene rings is 1. The number of aliphatic imine (C=N–C) groups is 1. The minimum atomic E-state index is -0.449. The smallest absolute Gasteiger partial charge is 0.209 e. The van der Waals surface area contributed by atoms with Crippen LogP contribution in [0, 0.1) is 29.0 Å².